The number of rotatable bonds is 2. The lowest BCUT2D eigenvalue weighted by atomic mass is 10.2. The summed E-state index contributed by atoms with van der Waals surface area (Å²) in [5, 5.41) is 3.70. The van der Waals surface area contributed by atoms with E-state index in [1.165, 1.54) is 17.4 Å². The molecule has 7 nitrogen and oxygen atoms in total. The van der Waals surface area contributed by atoms with Gasteiger partial charge < -0.3 is 13.9 Å². The summed E-state index contributed by atoms with van der Waals surface area (Å²) in [6.45, 7) is 0.188. The molecule has 0 atom stereocenters. The second kappa shape index (κ2) is 5.57. The molecule has 5 rings (SSSR count). The molecule has 4 aromatic rings. The Morgan fingerprint density at radius 2 is 1.92 bits per heavy atom. The molecule has 1 aliphatic heterocycles. The van der Waals surface area contributed by atoms with E-state index in [1.807, 2.05) is 6.07 Å². The van der Waals surface area contributed by atoms with Crippen LogP contribution >= 0.6 is 11.3 Å². The van der Waals surface area contributed by atoms with Crippen LogP contribution in [0.4, 0.5) is 5.13 Å². The zero-order valence-corrected chi connectivity index (χ0v) is 14.0. The number of anilines is 1. The molecule has 8 heteroatoms. The first-order valence-electron chi connectivity index (χ1n) is 7.72. The van der Waals surface area contributed by atoms with E-state index in [1.54, 1.807) is 30.3 Å². The van der Waals surface area contributed by atoms with Gasteiger partial charge in [0.05, 0.1) is 10.2 Å². The van der Waals surface area contributed by atoms with Gasteiger partial charge in [0.25, 0.3) is 5.91 Å². The van der Waals surface area contributed by atoms with Gasteiger partial charge in [0.1, 0.15) is 11.1 Å². The zero-order chi connectivity index (χ0) is 17.7. The molecule has 2 aromatic heterocycles. The molecule has 0 unspecified atom stereocenters. The molecule has 3 heterocycles. The number of carbonyl (C=O) groups excluding carboxylic acids is 1. The molecular weight excluding hydrogens is 356 g/mol. The van der Waals surface area contributed by atoms with Crippen molar-refractivity contribution in [1.29, 1.82) is 0 Å². The van der Waals surface area contributed by atoms with Crippen molar-refractivity contribution >= 4 is 43.6 Å². The van der Waals surface area contributed by atoms with Crippen LogP contribution in [-0.4, -0.2) is 17.7 Å². The van der Waals surface area contributed by atoms with Crippen LogP contribution in [0.25, 0.3) is 21.2 Å². The number of amides is 1. The van der Waals surface area contributed by atoms with Gasteiger partial charge in [-0.1, -0.05) is 29.5 Å². The van der Waals surface area contributed by atoms with Crippen LogP contribution in [0.3, 0.4) is 0 Å². The second-order valence-corrected chi connectivity index (χ2v) is 6.66. The minimum absolute atomic E-state index is 0.0721. The van der Waals surface area contributed by atoms with Gasteiger partial charge in [0, 0.05) is 17.5 Å². The maximum atomic E-state index is 12.5. The smallest absolute Gasteiger partial charge is 0.349 e. The monoisotopic (exact) mass is 366 g/mol. The van der Waals surface area contributed by atoms with Gasteiger partial charge in [-0.2, -0.15) is 0 Å². The first kappa shape index (κ1) is 14.9. The van der Waals surface area contributed by atoms with Gasteiger partial charge in [-0.15, -0.1) is 0 Å². The molecule has 26 heavy (non-hydrogen) atoms. The lowest BCUT2D eigenvalue weighted by molar-refractivity contribution is 0.102. The summed E-state index contributed by atoms with van der Waals surface area (Å²) < 4.78 is 16.7. The van der Waals surface area contributed by atoms with Crippen molar-refractivity contribution in [3.05, 3.63) is 58.4 Å². The van der Waals surface area contributed by atoms with E-state index in [0.29, 0.717) is 33.1 Å². The number of hydrogen-bond acceptors (Lipinski definition) is 7. The molecule has 2 aromatic carbocycles. The molecular formula is C18H10N2O5S. The van der Waals surface area contributed by atoms with E-state index in [2.05, 4.69) is 10.3 Å². The number of nitrogens with zero attached hydrogens (tertiary/aromatic N) is 1. The van der Waals surface area contributed by atoms with Gasteiger partial charge in [0.2, 0.25) is 6.79 Å². The van der Waals surface area contributed by atoms with Crippen LogP contribution in [0.15, 0.2) is 51.7 Å². The van der Waals surface area contributed by atoms with Crippen LogP contribution in [0.5, 0.6) is 11.5 Å². The quantitative estimate of drug-likeness (QED) is 0.547. The molecule has 128 valence electrons. The van der Waals surface area contributed by atoms with E-state index in [-0.39, 0.29) is 12.4 Å². The Morgan fingerprint density at radius 1 is 1.12 bits per heavy atom. The van der Waals surface area contributed by atoms with Crippen molar-refractivity contribution in [2.24, 2.45) is 0 Å². The minimum atomic E-state index is -0.692. The Kier molecular flexibility index (Phi) is 3.19. The predicted molar refractivity (Wildman–Crippen MR) is 96.2 cm³/mol. The number of aromatic nitrogens is 1. The maximum absolute atomic E-state index is 12.5. The SMILES string of the molecule is O=C(Nc1nc2cc3c(cc2s1)OCO3)c1cc2ccccc2oc1=O. The summed E-state index contributed by atoms with van der Waals surface area (Å²) in [5.41, 5.74) is 0.351. The summed E-state index contributed by atoms with van der Waals surface area (Å²) in [4.78, 5) is 29.0. The molecule has 0 fully saturated rings. The Hall–Kier alpha value is -3.39. The summed E-state index contributed by atoms with van der Waals surface area (Å²) in [6, 6.07) is 12.1. The highest BCUT2D eigenvalue weighted by molar-refractivity contribution is 7.22. The molecule has 0 saturated carbocycles. The van der Waals surface area contributed by atoms with E-state index in [0.717, 1.165) is 4.70 Å². The third-order valence-electron chi connectivity index (χ3n) is 3.99. The summed E-state index contributed by atoms with van der Waals surface area (Å²) >= 11 is 1.28. The van der Waals surface area contributed by atoms with Crippen LogP contribution in [0.1, 0.15) is 10.4 Å². The molecule has 0 radical (unpaired) electrons. The summed E-state index contributed by atoms with van der Waals surface area (Å²) in [5.74, 6) is 0.702. The topological polar surface area (TPSA) is 90.7 Å². The molecule has 0 spiro atoms. The van der Waals surface area contributed by atoms with Gasteiger partial charge >= 0.3 is 5.63 Å². The average molecular weight is 366 g/mol. The highest BCUT2D eigenvalue weighted by atomic mass is 32.1. The van der Waals surface area contributed by atoms with Gasteiger partial charge in [0.15, 0.2) is 16.6 Å². The van der Waals surface area contributed by atoms with Crippen molar-refractivity contribution in [1.82, 2.24) is 4.98 Å². The van der Waals surface area contributed by atoms with Crippen LogP contribution in [0, 0.1) is 0 Å². The fraction of sp³-hybridized carbons (Fsp3) is 0.0556. The molecule has 0 bridgehead atoms. The number of para-hydroxylation sites is 1. The van der Waals surface area contributed by atoms with E-state index < -0.39 is 11.5 Å². The average Bonchev–Trinajstić information content (AvgIpc) is 3.23. The Balaban J connectivity index is 1.49. The molecule has 1 amide bonds. The number of fused-ring (bicyclic) bond motifs is 3. The standard InChI is InChI=1S/C18H10N2O5S/c21-16(10-5-9-3-1-2-4-12(9)25-17(10)22)20-18-19-11-6-13-14(24-8-23-13)7-15(11)26-18/h1-7H,8H2,(H,19,20,21). The van der Waals surface area contributed by atoms with Crippen LogP contribution < -0.4 is 20.4 Å². The molecule has 1 aliphatic rings. The fourth-order valence-corrected chi connectivity index (χ4v) is 3.63. The van der Waals surface area contributed by atoms with E-state index >= 15 is 0 Å². The number of ether oxygens (including phenoxy) is 2. The van der Waals surface area contributed by atoms with Crippen molar-refractivity contribution < 1.29 is 18.7 Å². The van der Waals surface area contributed by atoms with Gasteiger partial charge in [-0.05, 0) is 12.1 Å². The third kappa shape index (κ3) is 2.39. The molecule has 0 saturated heterocycles. The normalized spacial score (nSPS) is 12.6. The van der Waals surface area contributed by atoms with Crippen molar-refractivity contribution in [3.8, 4) is 11.5 Å². The highest BCUT2D eigenvalue weighted by Crippen LogP contribution is 2.39. The van der Waals surface area contributed by atoms with Crippen molar-refractivity contribution in [3.63, 3.8) is 0 Å². The van der Waals surface area contributed by atoms with E-state index in [9.17, 15) is 9.59 Å². The zero-order valence-electron chi connectivity index (χ0n) is 13.1. The number of thiazole rings is 1. The summed E-state index contributed by atoms with van der Waals surface area (Å²) in [7, 11) is 0. The van der Waals surface area contributed by atoms with E-state index in [4.69, 9.17) is 13.9 Å². The summed E-state index contributed by atoms with van der Waals surface area (Å²) in [6.07, 6.45) is 0. The predicted octanol–water partition coefficient (Wildman–Crippen LogP) is 3.38. The Morgan fingerprint density at radius 3 is 2.81 bits per heavy atom. The third-order valence-corrected chi connectivity index (χ3v) is 4.92. The number of carbonyl (C=O) groups is 1. The minimum Gasteiger partial charge on any atom is -0.454 e. The van der Waals surface area contributed by atoms with Crippen LogP contribution in [0.2, 0.25) is 0 Å². The first-order chi connectivity index (χ1) is 12.7. The Labute approximate surface area is 149 Å². The molecule has 0 aliphatic carbocycles. The Bertz CT molecular complexity index is 1200. The number of benzene rings is 2. The van der Waals surface area contributed by atoms with Crippen LogP contribution in [-0.2, 0) is 0 Å². The molecule has 1 N–H and O–H groups in total. The second-order valence-electron chi connectivity index (χ2n) is 5.63. The lowest BCUT2D eigenvalue weighted by Crippen LogP contribution is -2.20. The number of hydrogen-bond donors (Lipinski definition) is 1. The number of nitrogens with one attached hydrogen (secondary N) is 1. The van der Waals surface area contributed by atoms with Crippen molar-refractivity contribution in [2.75, 3.05) is 12.1 Å². The first-order valence-corrected chi connectivity index (χ1v) is 8.53. The fourth-order valence-electron chi connectivity index (χ4n) is 2.76. The van der Waals surface area contributed by atoms with Gasteiger partial charge in [-0.3, -0.25) is 10.1 Å². The largest absolute Gasteiger partial charge is 0.454 e. The lowest BCUT2D eigenvalue weighted by Gasteiger charge is -2.02. The highest BCUT2D eigenvalue weighted by Gasteiger charge is 2.19. The van der Waals surface area contributed by atoms with Gasteiger partial charge in [-0.25, -0.2) is 9.78 Å². The maximum Gasteiger partial charge on any atom is 0.349 e. The van der Waals surface area contributed by atoms with Crippen molar-refractivity contribution in [2.45, 2.75) is 0 Å².